The molecule has 8 amide bonds. The normalized spacial score (nSPS) is 12.9. The lowest BCUT2D eigenvalue weighted by Crippen LogP contribution is -2.47. The number of rotatable bonds is 32. The van der Waals surface area contributed by atoms with Crippen LogP contribution < -0.4 is 45.9 Å². The first-order valence-corrected chi connectivity index (χ1v) is 26.0. The Bertz CT molecular complexity index is 2890. The molecule has 0 bridgehead atoms. The third kappa shape index (κ3) is 17.7. The number of unbranched alkanes of at least 4 members (excludes halogenated alkanes) is 2. The average molecular weight is 1100 g/mol. The Morgan fingerprint density at radius 1 is 0.756 bits per heavy atom. The Morgan fingerprint density at radius 2 is 1.46 bits per heavy atom. The van der Waals surface area contributed by atoms with Gasteiger partial charge in [-0.3, -0.25) is 48.1 Å². The van der Waals surface area contributed by atoms with Crippen molar-refractivity contribution in [3.8, 4) is 23.1 Å². The zero-order chi connectivity index (χ0) is 56.1. The van der Waals surface area contributed by atoms with E-state index in [9.17, 15) is 47.9 Å². The van der Waals surface area contributed by atoms with Gasteiger partial charge in [0.15, 0.2) is 23.0 Å². The number of urea groups is 1. The van der Waals surface area contributed by atoms with E-state index in [1.54, 1.807) is 41.3 Å². The minimum absolute atomic E-state index is 0.0842. The minimum Gasteiger partial charge on any atom is -0.493 e. The summed E-state index contributed by atoms with van der Waals surface area (Å²) in [7, 11) is 2.99. The standard InChI is InChI=1S/C53H62N8O16S/c1-73-39-24-33-29-60(30-34(33)25-40(39)75-22-7-23-76-52-41(74-2)27-42-37(59-52)26-43(78-42)38(62)14-18-49(68)69)46(65)17-19-50(70)77-31-32-10-12-35(13-11-32)57-51(71)36(8-6-20-55-53(54)72)58-45(64)28-56-44(63)9-4-3-5-21-61-47(66)15-16-48(61)67/h10-13,15-16,24-27,36H,3-9,14,17-23,28-31H2,1-2H3,(H,56,63)(H,57,71)(H,58,64)(H,68,69)(H3,54,55,72)/t36-/m0/s1. The van der Waals surface area contributed by atoms with E-state index in [4.69, 9.17) is 34.5 Å². The molecule has 2 aliphatic rings. The van der Waals surface area contributed by atoms with Crippen LogP contribution in [0.2, 0.25) is 0 Å². The fraction of sp³-hybridized carbons (Fsp3) is 0.415. The Labute approximate surface area is 452 Å². The number of hydrogen-bond acceptors (Lipinski definition) is 17. The van der Waals surface area contributed by atoms with Gasteiger partial charge in [0.2, 0.25) is 23.6 Å². The Kier molecular flexibility index (Phi) is 21.8. The van der Waals surface area contributed by atoms with E-state index in [0.717, 1.165) is 16.0 Å². The van der Waals surface area contributed by atoms with Crippen LogP contribution in [0.3, 0.4) is 0 Å². The number of Topliss-reactive ketones (excluding diaryl/α,β-unsaturated/α-hetero) is 1. The van der Waals surface area contributed by atoms with Gasteiger partial charge in [-0.25, -0.2) is 9.78 Å². The summed E-state index contributed by atoms with van der Waals surface area (Å²) >= 11 is 1.20. The van der Waals surface area contributed by atoms with Crippen LogP contribution in [-0.2, 0) is 62.8 Å². The number of anilines is 1. The first-order valence-electron chi connectivity index (χ1n) is 25.1. The van der Waals surface area contributed by atoms with Crippen LogP contribution >= 0.6 is 11.3 Å². The van der Waals surface area contributed by atoms with Crippen LogP contribution in [-0.4, -0.2) is 132 Å². The number of pyridine rings is 1. The van der Waals surface area contributed by atoms with Gasteiger partial charge in [0.25, 0.3) is 17.7 Å². The van der Waals surface area contributed by atoms with Crippen molar-refractivity contribution in [2.24, 2.45) is 5.73 Å². The van der Waals surface area contributed by atoms with Crippen molar-refractivity contribution in [2.75, 3.05) is 52.4 Å². The molecule has 2 aromatic heterocycles. The molecule has 416 valence electrons. The zero-order valence-electron chi connectivity index (χ0n) is 43.2. The summed E-state index contributed by atoms with van der Waals surface area (Å²) in [5.41, 5.74) is 8.39. The molecule has 0 spiro atoms. The Hall–Kier alpha value is -8.61. The Balaban J connectivity index is 0.887. The highest BCUT2D eigenvalue weighted by molar-refractivity contribution is 7.20. The molecule has 24 nitrogen and oxygen atoms in total. The maximum Gasteiger partial charge on any atom is 0.312 e. The molecule has 0 aliphatic carbocycles. The molecule has 2 aliphatic heterocycles. The summed E-state index contributed by atoms with van der Waals surface area (Å²) in [5, 5.41) is 19.2. The zero-order valence-corrected chi connectivity index (χ0v) is 44.0. The van der Waals surface area contributed by atoms with Crippen LogP contribution in [0.4, 0.5) is 10.5 Å². The largest absolute Gasteiger partial charge is 0.493 e. The molecule has 2 aromatic carbocycles. The smallest absolute Gasteiger partial charge is 0.312 e. The first-order chi connectivity index (χ1) is 37.5. The van der Waals surface area contributed by atoms with E-state index in [0.29, 0.717) is 82.4 Å². The number of imide groups is 1. The number of fused-ring (bicyclic) bond motifs is 2. The van der Waals surface area contributed by atoms with Crippen LogP contribution in [0.15, 0.2) is 60.7 Å². The van der Waals surface area contributed by atoms with Gasteiger partial charge in [-0.2, -0.15) is 0 Å². The topological polar surface area (TPSA) is 331 Å². The van der Waals surface area contributed by atoms with Gasteiger partial charge in [0, 0.05) is 75.8 Å². The fourth-order valence-corrected chi connectivity index (χ4v) is 9.12. The number of primary amides is 1. The average Bonchev–Trinajstić information content (AvgIpc) is 4.23. The molecule has 4 heterocycles. The summed E-state index contributed by atoms with van der Waals surface area (Å²) < 4.78 is 29.2. The van der Waals surface area contributed by atoms with Crippen LogP contribution in [0.1, 0.15) is 97.0 Å². The van der Waals surface area contributed by atoms with E-state index in [1.807, 2.05) is 12.1 Å². The van der Waals surface area contributed by atoms with Crippen LogP contribution in [0, 0.1) is 0 Å². The number of carbonyl (C=O) groups is 10. The van der Waals surface area contributed by atoms with Crippen molar-refractivity contribution in [2.45, 2.75) is 96.4 Å². The van der Waals surface area contributed by atoms with Gasteiger partial charge >= 0.3 is 18.0 Å². The number of ketones is 1. The number of carboxylic acids is 1. The van der Waals surface area contributed by atoms with E-state index in [2.05, 4.69) is 26.3 Å². The van der Waals surface area contributed by atoms with Gasteiger partial charge in [-0.05, 0) is 72.7 Å². The maximum absolute atomic E-state index is 13.3. The second-order valence-corrected chi connectivity index (χ2v) is 19.1. The molecule has 6 rings (SSSR count). The summed E-state index contributed by atoms with van der Waals surface area (Å²) in [6.45, 7) is 0.982. The highest BCUT2D eigenvalue weighted by atomic mass is 32.1. The summed E-state index contributed by atoms with van der Waals surface area (Å²) in [6.07, 6.45) is 4.34. The molecular weight excluding hydrogens is 1040 g/mol. The molecule has 1 atom stereocenters. The maximum atomic E-state index is 13.3. The van der Waals surface area contributed by atoms with Gasteiger partial charge in [-0.15, -0.1) is 11.3 Å². The number of nitrogens with zero attached hydrogens (tertiary/aromatic N) is 3. The van der Waals surface area contributed by atoms with E-state index in [1.165, 1.54) is 37.7 Å². The monoisotopic (exact) mass is 1100 g/mol. The molecular formula is C53H62N8O16S. The number of methoxy groups -OCH3 is 2. The Morgan fingerprint density at radius 3 is 2.15 bits per heavy atom. The van der Waals surface area contributed by atoms with Crippen molar-refractivity contribution in [1.29, 1.82) is 0 Å². The lowest BCUT2D eigenvalue weighted by atomic mass is 10.1. The van der Waals surface area contributed by atoms with Gasteiger partial charge in [0.05, 0.1) is 61.9 Å². The van der Waals surface area contributed by atoms with Crippen molar-refractivity contribution in [3.63, 3.8) is 0 Å². The molecule has 25 heteroatoms. The molecule has 0 radical (unpaired) electrons. The number of amides is 8. The number of ether oxygens (including phenoxy) is 5. The van der Waals surface area contributed by atoms with Crippen molar-refractivity contribution in [1.82, 2.24) is 30.7 Å². The number of benzene rings is 2. The van der Waals surface area contributed by atoms with Gasteiger partial charge in [-0.1, -0.05) is 18.6 Å². The van der Waals surface area contributed by atoms with E-state index >= 15 is 0 Å². The number of carboxylic acid groups (broad SMARTS) is 1. The summed E-state index contributed by atoms with van der Waals surface area (Å²) in [6, 6.07) is 11.6. The summed E-state index contributed by atoms with van der Waals surface area (Å²) in [5.74, 6) is -2.90. The quantitative estimate of drug-likeness (QED) is 0.0174. The predicted octanol–water partition coefficient (Wildman–Crippen LogP) is 4.05. The van der Waals surface area contributed by atoms with Crippen LogP contribution in [0.5, 0.6) is 23.1 Å². The number of aliphatic carboxylic acids is 1. The lowest BCUT2D eigenvalue weighted by molar-refractivity contribution is -0.147. The highest BCUT2D eigenvalue weighted by Crippen LogP contribution is 2.37. The molecule has 0 saturated heterocycles. The number of nitrogens with one attached hydrogen (secondary N) is 4. The summed E-state index contributed by atoms with van der Waals surface area (Å²) in [4.78, 5) is 130. The second kappa shape index (κ2) is 29.1. The minimum atomic E-state index is -1.05. The second-order valence-electron chi connectivity index (χ2n) is 18.0. The molecule has 0 fully saturated rings. The molecule has 78 heavy (non-hydrogen) atoms. The fourth-order valence-electron chi connectivity index (χ4n) is 8.13. The van der Waals surface area contributed by atoms with Crippen molar-refractivity contribution >= 4 is 86.4 Å². The van der Waals surface area contributed by atoms with Gasteiger partial charge in [0.1, 0.15) is 12.6 Å². The van der Waals surface area contributed by atoms with Crippen molar-refractivity contribution in [3.05, 3.63) is 82.3 Å². The van der Waals surface area contributed by atoms with E-state index in [-0.39, 0.29) is 113 Å². The molecule has 7 N–H and O–H groups in total. The third-order valence-corrected chi connectivity index (χ3v) is 13.4. The highest BCUT2D eigenvalue weighted by Gasteiger charge is 2.27. The van der Waals surface area contributed by atoms with Crippen LogP contribution in [0.25, 0.3) is 10.2 Å². The van der Waals surface area contributed by atoms with Crippen molar-refractivity contribution < 1.29 is 76.7 Å². The third-order valence-electron chi connectivity index (χ3n) is 12.3. The number of aromatic nitrogens is 1. The number of thiophene rings is 1. The lowest BCUT2D eigenvalue weighted by Gasteiger charge is -2.19. The molecule has 0 saturated carbocycles. The van der Waals surface area contributed by atoms with E-state index < -0.39 is 42.4 Å². The number of esters is 1. The molecule has 0 unspecified atom stereocenters. The molecule has 4 aromatic rings. The predicted molar refractivity (Wildman–Crippen MR) is 280 cm³/mol. The number of carbonyl (C=O) groups excluding carboxylic acids is 9. The number of nitrogens with two attached hydrogens (primary N) is 1. The number of hydrogen-bond donors (Lipinski definition) is 6. The first kappa shape index (κ1) is 58.6. The SMILES string of the molecule is COc1cc2c(cc1OCCCOc1nc3cc(C(=O)CCC(=O)O)sc3cc1OC)CN(C(=O)CCC(=O)OCc1ccc(NC(=O)[C@H](CCCNC(N)=O)NC(=O)CNC(=O)CCCCCN3C(=O)C=CC3=O)cc1)C2. The van der Waals surface area contributed by atoms with Gasteiger partial charge < -0.3 is 60.7 Å².